The van der Waals surface area contributed by atoms with E-state index in [1.165, 1.54) is 5.56 Å². The lowest BCUT2D eigenvalue weighted by Crippen LogP contribution is -2.54. The van der Waals surface area contributed by atoms with Crippen molar-refractivity contribution in [3.05, 3.63) is 35.9 Å². The maximum absolute atomic E-state index is 12.2. The van der Waals surface area contributed by atoms with Crippen molar-refractivity contribution in [1.29, 1.82) is 0 Å². The molecule has 3 rings (SSSR count). The number of ether oxygens (including phenoxy) is 1. The fraction of sp³-hybridized carbons (Fsp3) is 0.588. The molecule has 2 fully saturated rings. The van der Waals surface area contributed by atoms with E-state index in [2.05, 4.69) is 22.3 Å². The molecule has 2 N–H and O–H groups in total. The van der Waals surface area contributed by atoms with Crippen LogP contribution in [0.25, 0.3) is 0 Å². The van der Waals surface area contributed by atoms with Gasteiger partial charge in [0.2, 0.25) is 0 Å². The normalized spacial score (nSPS) is 24.5. The van der Waals surface area contributed by atoms with E-state index in [1.54, 1.807) is 0 Å². The molecule has 0 bridgehead atoms. The van der Waals surface area contributed by atoms with Gasteiger partial charge in [-0.05, 0) is 24.8 Å². The first kappa shape index (κ1) is 15.5. The molecule has 1 unspecified atom stereocenters. The summed E-state index contributed by atoms with van der Waals surface area (Å²) in [6, 6.07) is 10.2. The molecule has 2 aliphatic rings. The number of aliphatic hydroxyl groups is 1. The number of amides is 1. The predicted molar refractivity (Wildman–Crippen MR) is 83.3 cm³/mol. The number of nitrogens with zero attached hydrogens (tertiary/aromatic N) is 1. The van der Waals surface area contributed by atoms with Crippen LogP contribution < -0.4 is 5.32 Å². The van der Waals surface area contributed by atoms with Crippen LogP contribution in [0, 0.1) is 0 Å². The zero-order chi connectivity index (χ0) is 15.4. The van der Waals surface area contributed by atoms with E-state index >= 15 is 0 Å². The van der Waals surface area contributed by atoms with E-state index in [-0.39, 0.29) is 5.91 Å². The minimum Gasteiger partial charge on any atom is -0.388 e. The van der Waals surface area contributed by atoms with Crippen molar-refractivity contribution in [2.75, 3.05) is 26.2 Å². The van der Waals surface area contributed by atoms with Gasteiger partial charge in [0, 0.05) is 26.2 Å². The van der Waals surface area contributed by atoms with Gasteiger partial charge in [-0.25, -0.2) is 0 Å². The second-order valence-electron chi connectivity index (χ2n) is 6.38. The maximum atomic E-state index is 12.2. The van der Waals surface area contributed by atoms with Gasteiger partial charge in [0.25, 0.3) is 5.91 Å². The zero-order valence-electron chi connectivity index (χ0n) is 12.8. The van der Waals surface area contributed by atoms with Gasteiger partial charge < -0.3 is 15.2 Å². The minimum atomic E-state index is -0.686. The first-order valence-corrected chi connectivity index (χ1v) is 8.03. The number of nitrogens with one attached hydrogen (secondary N) is 1. The molecule has 5 nitrogen and oxygen atoms in total. The van der Waals surface area contributed by atoms with E-state index < -0.39 is 11.7 Å². The Morgan fingerprint density at radius 1 is 1.36 bits per heavy atom. The second kappa shape index (κ2) is 6.77. The maximum Gasteiger partial charge on any atom is 0.250 e. The highest BCUT2D eigenvalue weighted by Crippen LogP contribution is 2.30. The molecule has 1 aliphatic carbocycles. The Balaban J connectivity index is 1.48. The SMILES string of the molecule is O=C(NCC1(O)CCC1)C1CN(Cc2ccccc2)CCO1. The number of rotatable bonds is 5. The number of hydrogen-bond acceptors (Lipinski definition) is 4. The Morgan fingerprint density at radius 2 is 2.14 bits per heavy atom. The number of benzene rings is 1. The summed E-state index contributed by atoms with van der Waals surface area (Å²) >= 11 is 0. The smallest absolute Gasteiger partial charge is 0.250 e. The number of carbonyl (C=O) groups excluding carboxylic acids is 1. The molecule has 120 valence electrons. The van der Waals surface area contributed by atoms with Crippen LogP contribution in [0.1, 0.15) is 24.8 Å². The molecule has 5 heteroatoms. The number of carbonyl (C=O) groups is 1. The van der Waals surface area contributed by atoms with Crippen LogP contribution in [-0.4, -0.2) is 53.9 Å². The molecule has 1 atom stereocenters. The third-order valence-electron chi connectivity index (χ3n) is 4.57. The van der Waals surface area contributed by atoms with E-state index in [4.69, 9.17) is 4.74 Å². The number of morpholine rings is 1. The van der Waals surface area contributed by atoms with E-state index in [0.717, 1.165) is 32.4 Å². The van der Waals surface area contributed by atoms with Gasteiger partial charge in [-0.1, -0.05) is 30.3 Å². The predicted octanol–water partition coefficient (Wildman–Crippen LogP) is 0.919. The van der Waals surface area contributed by atoms with Gasteiger partial charge >= 0.3 is 0 Å². The molecule has 0 spiro atoms. The molecule has 1 saturated heterocycles. The van der Waals surface area contributed by atoms with Gasteiger partial charge in [0.05, 0.1) is 12.2 Å². The monoisotopic (exact) mass is 304 g/mol. The summed E-state index contributed by atoms with van der Waals surface area (Å²) in [5, 5.41) is 12.9. The molecule has 1 amide bonds. The molecule has 1 aromatic carbocycles. The van der Waals surface area contributed by atoms with Gasteiger partial charge in [-0.15, -0.1) is 0 Å². The highest BCUT2D eigenvalue weighted by Gasteiger charge is 2.35. The lowest BCUT2D eigenvalue weighted by molar-refractivity contribution is -0.141. The van der Waals surface area contributed by atoms with Crippen LogP contribution in [0.5, 0.6) is 0 Å². The molecular weight excluding hydrogens is 280 g/mol. The van der Waals surface area contributed by atoms with Crippen molar-refractivity contribution in [3.8, 4) is 0 Å². The van der Waals surface area contributed by atoms with Crippen molar-refractivity contribution in [1.82, 2.24) is 10.2 Å². The van der Waals surface area contributed by atoms with Gasteiger partial charge in [0.1, 0.15) is 6.10 Å². The van der Waals surface area contributed by atoms with Crippen molar-refractivity contribution in [2.24, 2.45) is 0 Å². The summed E-state index contributed by atoms with van der Waals surface area (Å²) in [4.78, 5) is 14.4. The Morgan fingerprint density at radius 3 is 2.82 bits per heavy atom. The quantitative estimate of drug-likeness (QED) is 0.849. The average molecular weight is 304 g/mol. The lowest BCUT2D eigenvalue weighted by atomic mass is 9.80. The van der Waals surface area contributed by atoms with Gasteiger partial charge in [-0.3, -0.25) is 9.69 Å². The van der Waals surface area contributed by atoms with Crippen LogP contribution in [0.3, 0.4) is 0 Å². The fourth-order valence-corrected chi connectivity index (χ4v) is 2.97. The summed E-state index contributed by atoms with van der Waals surface area (Å²) in [6.07, 6.45) is 2.15. The first-order chi connectivity index (χ1) is 10.6. The average Bonchev–Trinajstić information content (AvgIpc) is 2.52. The minimum absolute atomic E-state index is 0.113. The van der Waals surface area contributed by atoms with E-state index in [9.17, 15) is 9.90 Å². The van der Waals surface area contributed by atoms with Crippen LogP contribution in [0.2, 0.25) is 0 Å². The molecule has 0 radical (unpaired) electrons. The summed E-state index contributed by atoms with van der Waals surface area (Å²) in [5.41, 5.74) is 0.556. The zero-order valence-corrected chi connectivity index (χ0v) is 12.8. The third-order valence-corrected chi connectivity index (χ3v) is 4.57. The van der Waals surface area contributed by atoms with Crippen LogP contribution in [0.4, 0.5) is 0 Å². The molecule has 1 saturated carbocycles. The standard InChI is InChI=1S/C17H24N2O3/c20-16(18-13-17(21)7-4-8-17)15-12-19(9-10-22-15)11-14-5-2-1-3-6-14/h1-3,5-6,15,21H,4,7-13H2,(H,18,20). The Bertz CT molecular complexity index is 502. The Labute approximate surface area is 131 Å². The molecule has 1 heterocycles. The number of hydrogen-bond donors (Lipinski definition) is 2. The molecule has 1 aromatic rings. The first-order valence-electron chi connectivity index (χ1n) is 8.03. The highest BCUT2D eigenvalue weighted by atomic mass is 16.5. The lowest BCUT2D eigenvalue weighted by Gasteiger charge is -2.37. The van der Waals surface area contributed by atoms with Crippen LogP contribution in [0.15, 0.2) is 30.3 Å². The van der Waals surface area contributed by atoms with Crippen molar-refractivity contribution >= 4 is 5.91 Å². The highest BCUT2D eigenvalue weighted by molar-refractivity contribution is 5.81. The molecule has 22 heavy (non-hydrogen) atoms. The molecule has 0 aromatic heterocycles. The molecule has 1 aliphatic heterocycles. The van der Waals surface area contributed by atoms with Crippen LogP contribution >= 0.6 is 0 Å². The Hall–Kier alpha value is -1.43. The van der Waals surface area contributed by atoms with E-state index in [0.29, 0.717) is 19.7 Å². The largest absolute Gasteiger partial charge is 0.388 e. The molecular formula is C17H24N2O3. The second-order valence-corrected chi connectivity index (χ2v) is 6.38. The summed E-state index contributed by atoms with van der Waals surface area (Å²) < 4.78 is 5.59. The van der Waals surface area contributed by atoms with Gasteiger partial charge in [0.15, 0.2) is 0 Å². The summed E-state index contributed by atoms with van der Waals surface area (Å²) in [7, 11) is 0. The van der Waals surface area contributed by atoms with Crippen molar-refractivity contribution < 1.29 is 14.6 Å². The van der Waals surface area contributed by atoms with Gasteiger partial charge in [-0.2, -0.15) is 0 Å². The third kappa shape index (κ3) is 3.85. The topological polar surface area (TPSA) is 61.8 Å². The van der Waals surface area contributed by atoms with Crippen molar-refractivity contribution in [3.63, 3.8) is 0 Å². The van der Waals surface area contributed by atoms with Crippen LogP contribution in [-0.2, 0) is 16.1 Å². The van der Waals surface area contributed by atoms with E-state index in [1.807, 2.05) is 18.2 Å². The Kier molecular flexibility index (Phi) is 4.76. The fourth-order valence-electron chi connectivity index (χ4n) is 2.97. The van der Waals surface area contributed by atoms with Crippen molar-refractivity contribution in [2.45, 2.75) is 37.5 Å². The summed E-state index contributed by atoms with van der Waals surface area (Å²) in [5.74, 6) is -0.113. The summed E-state index contributed by atoms with van der Waals surface area (Å²) in [6.45, 7) is 3.17.